The maximum Gasteiger partial charge on any atom is 0.147 e. The minimum Gasteiger partial charge on any atom is -0.493 e. The zero-order chi connectivity index (χ0) is 72.1. The van der Waals surface area contributed by atoms with Gasteiger partial charge in [-0.25, -0.2) is 4.39 Å². The number of para-hydroxylation sites is 2. The molecule has 0 amide bonds. The van der Waals surface area contributed by atoms with E-state index in [1.54, 1.807) is 12.1 Å². The van der Waals surface area contributed by atoms with Crippen LogP contribution in [-0.2, 0) is 20.3 Å². The van der Waals surface area contributed by atoms with Crippen LogP contribution in [0.3, 0.4) is 0 Å². The van der Waals surface area contributed by atoms with Crippen LogP contribution in [0.5, 0.6) is 11.5 Å². The van der Waals surface area contributed by atoms with Crippen LogP contribution in [0, 0.1) is 16.6 Å². The number of benzene rings is 14. The molecule has 0 bridgehead atoms. The van der Waals surface area contributed by atoms with Crippen LogP contribution in [0.25, 0.3) is 61.7 Å². The molecule has 4 aliphatic rings. The summed E-state index contributed by atoms with van der Waals surface area (Å²) in [4.78, 5) is 4.44. The second-order valence-electron chi connectivity index (χ2n) is 29.2. The van der Waals surface area contributed by atoms with Crippen molar-refractivity contribution in [2.75, 3.05) is 49.4 Å². The molecule has 2 saturated heterocycles. The van der Waals surface area contributed by atoms with E-state index in [0.717, 1.165) is 138 Å². The number of hydrogen-bond donors (Lipinski definition) is 0. The fourth-order valence-electron chi connectivity index (χ4n) is 17.1. The van der Waals surface area contributed by atoms with Crippen molar-refractivity contribution in [3.05, 3.63) is 402 Å². The molecule has 2 atom stereocenters. The highest BCUT2D eigenvalue weighted by Crippen LogP contribution is 2.61. The third-order valence-corrected chi connectivity index (χ3v) is 23.3. The van der Waals surface area contributed by atoms with Crippen LogP contribution in [0.15, 0.2) is 346 Å². The second-order valence-corrected chi connectivity index (χ2v) is 29.2. The first-order valence-corrected chi connectivity index (χ1v) is 37.4. The van der Waals surface area contributed by atoms with Crippen LogP contribution in [0.4, 0.5) is 38.5 Å². The van der Waals surface area contributed by atoms with Crippen molar-refractivity contribution >= 4 is 40.2 Å². The van der Waals surface area contributed by atoms with E-state index in [9.17, 15) is 0 Å². The summed E-state index contributed by atoms with van der Waals surface area (Å²) in [6.07, 6.45) is 3.94. The summed E-state index contributed by atoms with van der Waals surface area (Å²) in [5.74, 6) is 1.33. The second kappa shape index (κ2) is 27.7. The van der Waals surface area contributed by atoms with Crippen LogP contribution >= 0.6 is 0 Å². The van der Waals surface area contributed by atoms with Crippen LogP contribution in [-0.4, -0.2) is 39.6 Å². The smallest absolute Gasteiger partial charge is 0.147 e. The standard InChI is InChI=1S/C100H81FN2O4/c1-4-69-23-19-21-33-95(69)102(82-49-57-88-86-55-39-74(70-24-11-7-12-25-70)59-90(86)99(92(88)61-82,76-28-15-9-16-29-76)78-41-51-84(52-42-78)106-67-97(5-2)63-104-64-97)80-45-35-72(36-46-80)73-37-47-81(48-38-73)103(96-34-22-20-32-94(96)101)83-50-58-89-87-56-40-75(71-26-13-8-14-27-71)60-91(87)100(93(89)62-83,77-30-17-10-18-31-77)79-43-53-85(54-44-79)107-68-98(6-3)65-105-66-98/h4,7-62H,1,5-6,63-68H2,2-3H3. The zero-order valence-corrected chi connectivity index (χ0v) is 60.2. The van der Waals surface area contributed by atoms with Gasteiger partial charge in [-0.2, -0.15) is 0 Å². The Labute approximate surface area is 626 Å². The van der Waals surface area contributed by atoms with Gasteiger partial charge in [-0.3, -0.25) is 0 Å². The molecule has 14 aromatic rings. The van der Waals surface area contributed by atoms with Crippen molar-refractivity contribution in [1.82, 2.24) is 0 Å². The normalized spacial score (nSPS) is 16.7. The molecule has 2 aliphatic heterocycles. The van der Waals surface area contributed by atoms with Gasteiger partial charge in [0.05, 0.1) is 72.7 Å². The van der Waals surface area contributed by atoms with Crippen molar-refractivity contribution in [1.29, 1.82) is 0 Å². The van der Waals surface area contributed by atoms with E-state index < -0.39 is 10.8 Å². The summed E-state index contributed by atoms with van der Waals surface area (Å²) in [6, 6.07) is 121. The molecule has 0 radical (unpaired) electrons. The molecule has 2 unspecified atom stereocenters. The van der Waals surface area contributed by atoms with Gasteiger partial charge in [-0.1, -0.05) is 263 Å². The molecule has 14 aromatic carbocycles. The van der Waals surface area contributed by atoms with Crippen molar-refractivity contribution in [2.45, 2.75) is 37.5 Å². The highest BCUT2D eigenvalue weighted by atomic mass is 19.1. The van der Waals surface area contributed by atoms with Crippen molar-refractivity contribution < 1.29 is 23.3 Å². The first-order valence-electron chi connectivity index (χ1n) is 37.4. The first kappa shape index (κ1) is 66.8. The Morgan fingerprint density at radius 3 is 1.06 bits per heavy atom. The summed E-state index contributed by atoms with van der Waals surface area (Å²) in [6.45, 7) is 12.9. The van der Waals surface area contributed by atoms with Crippen LogP contribution in [0.1, 0.15) is 76.8 Å². The quantitative estimate of drug-likeness (QED) is 0.0674. The Balaban J connectivity index is 0.728. The van der Waals surface area contributed by atoms with E-state index in [2.05, 4.69) is 346 Å². The lowest BCUT2D eigenvalue weighted by Crippen LogP contribution is -2.46. The zero-order valence-electron chi connectivity index (χ0n) is 60.2. The molecule has 6 nitrogen and oxygen atoms in total. The number of ether oxygens (including phenoxy) is 4. The molecule has 18 rings (SSSR count). The molecule has 7 heteroatoms. The summed E-state index contributed by atoms with van der Waals surface area (Å²) < 4.78 is 41.5. The Morgan fingerprint density at radius 1 is 0.336 bits per heavy atom. The van der Waals surface area contributed by atoms with Gasteiger partial charge in [0.1, 0.15) is 17.3 Å². The molecule has 2 aliphatic carbocycles. The van der Waals surface area contributed by atoms with Gasteiger partial charge in [0, 0.05) is 22.7 Å². The fourth-order valence-corrected chi connectivity index (χ4v) is 17.1. The number of nitrogens with zero attached hydrogens (tertiary/aromatic N) is 2. The number of hydrogen-bond acceptors (Lipinski definition) is 6. The third kappa shape index (κ3) is 11.6. The fraction of sp³-hybridized carbons (Fsp3) is 0.140. The number of rotatable bonds is 22. The molecule has 2 heterocycles. The Hall–Kier alpha value is -12.1. The lowest BCUT2D eigenvalue weighted by atomic mass is 9.67. The SMILES string of the molecule is C=Cc1ccccc1N(c1ccc(-c2ccc(N(c3ccc4c(c3)C(c3ccccc3)(c3ccc(OCC5(CC)COC5)cc3)c3cc(-c5ccccc5)ccc3-4)c3ccccc3F)cc2)cc1)c1ccc2c(c1)C(c1ccccc1)(c1ccc(OCC3(CC)COC3)cc1)c1cc(-c3ccccc3)ccc1-2. The molecule has 0 saturated carbocycles. The molecule has 107 heavy (non-hydrogen) atoms. The summed E-state index contributed by atoms with van der Waals surface area (Å²) in [5.41, 5.74) is 25.1. The molecule has 522 valence electrons. The lowest BCUT2D eigenvalue weighted by Gasteiger charge is -2.40. The minimum atomic E-state index is -0.794. The topological polar surface area (TPSA) is 43.4 Å². The Bertz CT molecular complexity index is 5580. The van der Waals surface area contributed by atoms with Gasteiger partial charge in [-0.15, -0.1) is 0 Å². The molecule has 0 aromatic heterocycles. The van der Waals surface area contributed by atoms with Gasteiger partial charge >= 0.3 is 0 Å². The average Bonchev–Trinajstić information content (AvgIpc) is 1.55. The monoisotopic (exact) mass is 1390 g/mol. The molecule has 0 spiro atoms. The van der Waals surface area contributed by atoms with Crippen molar-refractivity contribution in [3.8, 4) is 67.1 Å². The van der Waals surface area contributed by atoms with Gasteiger partial charge in [0.2, 0.25) is 0 Å². The van der Waals surface area contributed by atoms with Crippen molar-refractivity contribution in [3.63, 3.8) is 0 Å². The first-order chi connectivity index (χ1) is 52.7. The molecule has 0 N–H and O–H groups in total. The van der Waals surface area contributed by atoms with Gasteiger partial charge in [-0.05, 0) is 222 Å². The third-order valence-electron chi connectivity index (χ3n) is 23.3. The Morgan fingerprint density at radius 2 is 0.664 bits per heavy atom. The predicted molar refractivity (Wildman–Crippen MR) is 435 cm³/mol. The number of fused-ring (bicyclic) bond motifs is 6. The maximum absolute atomic E-state index is 17.0. The summed E-state index contributed by atoms with van der Waals surface area (Å²) in [7, 11) is 0. The lowest BCUT2D eigenvalue weighted by molar-refractivity contribution is -0.133. The largest absolute Gasteiger partial charge is 0.493 e. The van der Waals surface area contributed by atoms with Crippen molar-refractivity contribution in [2.24, 2.45) is 10.8 Å². The van der Waals surface area contributed by atoms with E-state index in [4.69, 9.17) is 18.9 Å². The van der Waals surface area contributed by atoms with E-state index in [-0.39, 0.29) is 16.6 Å². The highest BCUT2D eigenvalue weighted by Gasteiger charge is 2.49. The van der Waals surface area contributed by atoms with Gasteiger partial charge in [0.25, 0.3) is 0 Å². The average molecular weight is 1390 g/mol. The summed E-state index contributed by atoms with van der Waals surface area (Å²) in [5, 5.41) is 0. The van der Waals surface area contributed by atoms with Crippen LogP contribution in [0.2, 0.25) is 0 Å². The molecular formula is C100H81FN2O4. The molecular weight excluding hydrogens is 1310 g/mol. The summed E-state index contributed by atoms with van der Waals surface area (Å²) >= 11 is 0. The predicted octanol–water partition coefficient (Wildman–Crippen LogP) is 24.7. The van der Waals surface area contributed by atoms with Gasteiger partial charge < -0.3 is 28.7 Å². The van der Waals surface area contributed by atoms with E-state index >= 15 is 4.39 Å². The van der Waals surface area contributed by atoms with E-state index in [1.807, 2.05) is 18.2 Å². The van der Waals surface area contributed by atoms with E-state index in [0.29, 0.717) is 32.1 Å². The Kier molecular flexibility index (Phi) is 17.3. The highest BCUT2D eigenvalue weighted by molar-refractivity contribution is 5.94. The molecule has 2 fully saturated rings. The van der Waals surface area contributed by atoms with Gasteiger partial charge in [0.15, 0.2) is 0 Å². The number of halogens is 1. The van der Waals surface area contributed by atoms with Crippen LogP contribution < -0.4 is 19.3 Å². The number of anilines is 6. The maximum atomic E-state index is 17.0. The van der Waals surface area contributed by atoms with E-state index in [1.165, 1.54) is 33.4 Å². The minimum absolute atomic E-state index is 0.0288.